The highest BCUT2D eigenvalue weighted by molar-refractivity contribution is 5.85. The van der Waals surface area contributed by atoms with Crippen LogP contribution in [0.3, 0.4) is 0 Å². The molecule has 1 atom stereocenters. The van der Waals surface area contributed by atoms with E-state index in [4.69, 9.17) is 4.74 Å². The van der Waals surface area contributed by atoms with Gasteiger partial charge < -0.3 is 15.0 Å². The van der Waals surface area contributed by atoms with Crippen molar-refractivity contribution in [2.24, 2.45) is 0 Å². The number of rotatable bonds is 6. The van der Waals surface area contributed by atoms with E-state index < -0.39 is 0 Å². The van der Waals surface area contributed by atoms with Gasteiger partial charge in [0.05, 0.1) is 6.61 Å². The molecule has 0 aliphatic heterocycles. The van der Waals surface area contributed by atoms with Crippen molar-refractivity contribution < 1.29 is 9.53 Å². The SMILES string of the molecule is Cc1ccc2[nH]c3c(c2c1)CCC(NC(=O)CCCOc1ccc(C(C)(C)C)cc1)C3. The van der Waals surface area contributed by atoms with Crippen LogP contribution in [0.2, 0.25) is 0 Å². The number of aryl methyl sites for hydroxylation is 2. The van der Waals surface area contributed by atoms with Crippen molar-refractivity contribution in [3.8, 4) is 5.75 Å². The van der Waals surface area contributed by atoms with Gasteiger partial charge in [-0.05, 0) is 67.0 Å². The lowest BCUT2D eigenvalue weighted by Crippen LogP contribution is -2.38. The second-order valence-electron chi connectivity index (χ2n) is 9.86. The molecule has 1 aromatic heterocycles. The van der Waals surface area contributed by atoms with Crippen LogP contribution in [0.5, 0.6) is 5.75 Å². The Morgan fingerprint density at radius 2 is 1.94 bits per heavy atom. The highest BCUT2D eigenvalue weighted by Crippen LogP contribution is 2.30. The molecular formula is C27H34N2O2. The summed E-state index contributed by atoms with van der Waals surface area (Å²) in [4.78, 5) is 16.0. The number of ether oxygens (including phenoxy) is 1. The van der Waals surface area contributed by atoms with Crippen molar-refractivity contribution in [1.82, 2.24) is 10.3 Å². The van der Waals surface area contributed by atoms with Gasteiger partial charge >= 0.3 is 0 Å². The molecule has 0 spiro atoms. The standard InChI is InChI=1S/C27H34N2O2/c1-18-7-14-24-23(16-18)22-13-10-20(17-25(22)29-24)28-26(30)6-5-15-31-21-11-8-19(9-12-21)27(2,3)4/h7-9,11-12,14,16,20,29H,5-6,10,13,15,17H2,1-4H3,(H,28,30). The fourth-order valence-corrected chi connectivity index (χ4v) is 4.44. The Hall–Kier alpha value is -2.75. The first kappa shape index (κ1) is 21.5. The van der Waals surface area contributed by atoms with Crippen molar-refractivity contribution in [2.45, 2.75) is 71.3 Å². The van der Waals surface area contributed by atoms with Gasteiger partial charge in [-0.25, -0.2) is 0 Å². The van der Waals surface area contributed by atoms with Gasteiger partial charge in [-0.3, -0.25) is 4.79 Å². The Morgan fingerprint density at radius 3 is 2.68 bits per heavy atom. The molecule has 0 radical (unpaired) electrons. The van der Waals surface area contributed by atoms with Crippen LogP contribution in [0.15, 0.2) is 42.5 Å². The molecule has 0 saturated heterocycles. The highest BCUT2D eigenvalue weighted by atomic mass is 16.5. The molecule has 4 rings (SSSR count). The lowest BCUT2D eigenvalue weighted by molar-refractivity contribution is -0.122. The monoisotopic (exact) mass is 418 g/mol. The Balaban J connectivity index is 1.22. The summed E-state index contributed by atoms with van der Waals surface area (Å²) in [5, 5.41) is 4.56. The quantitative estimate of drug-likeness (QED) is 0.512. The second kappa shape index (κ2) is 8.78. The number of H-pyrrole nitrogens is 1. The van der Waals surface area contributed by atoms with E-state index in [1.54, 1.807) is 0 Å². The fourth-order valence-electron chi connectivity index (χ4n) is 4.44. The normalized spacial score (nSPS) is 16.2. The molecule has 3 aromatic rings. The first-order chi connectivity index (χ1) is 14.8. The predicted molar refractivity (Wildman–Crippen MR) is 127 cm³/mol. The lowest BCUT2D eigenvalue weighted by Gasteiger charge is -2.23. The van der Waals surface area contributed by atoms with Crippen LogP contribution in [0, 0.1) is 6.92 Å². The predicted octanol–water partition coefficient (Wildman–Crippen LogP) is 5.61. The Kier molecular flexibility index (Phi) is 6.08. The van der Waals surface area contributed by atoms with Crippen molar-refractivity contribution in [2.75, 3.05) is 6.61 Å². The largest absolute Gasteiger partial charge is 0.494 e. The minimum Gasteiger partial charge on any atom is -0.494 e. The first-order valence-corrected chi connectivity index (χ1v) is 11.4. The number of amides is 1. The smallest absolute Gasteiger partial charge is 0.220 e. The van der Waals surface area contributed by atoms with E-state index in [0.717, 1.165) is 31.4 Å². The molecule has 0 fully saturated rings. The van der Waals surface area contributed by atoms with E-state index in [2.05, 4.69) is 68.3 Å². The number of carbonyl (C=O) groups excluding carboxylic acids is 1. The molecule has 4 heteroatoms. The molecule has 0 bridgehead atoms. The van der Waals surface area contributed by atoms with E-state index in [1.807, 2.05) is 12.1 Å². The number of aromatic amines is 1. The molecule has 2 aromatic carbocycles. The van der Waals surface area contributed by atoms with Gasteiger partial charge in [-0.2, -0.15) is 0 Å². The third-order valence-corrected chi connectivity index (χ3v) is 6.25. The van der Waals surface area contributed by atoms with E-state index in [9.17, 15) is 4.79 Å². The molecule has 0 saturated carbocycles. The van der Waals surface area contributed by atoms with Gasteiger partial charge in [0.15, 0.2) is 0 Å². The Morgan fingerprint density at radius 1 is 1.16 bits per heavy atom. The summed E-state index contributed by atoms with van der Waals surface area (Å²) in [6, 6.07) is 15.0. The topological polar surface area (TPSA) is 54.1 Å². The van der Waals surface area contributed by atoms with Crippen LogP contribution in [0.25, 0.3) is 10.9 Å². The van der Waals surface area contributed by atoms with Crippen LogP contribution < -0.4 is 10.1 Å². The van der Waals surface area contributed by atoms with Crippen molar-refractivity contribution in [3.63, 3.8) is 0 Å². The number of aromatic nitrogens is 1. The average molecular weight is 419 g/mol. The molecule has 2 N–H and O–H groups in total. The molecule has 164 valence electrons. The summed E-state index contributed by atoms with van der Waals surface area (Å²) < 4.78 is 5.82. The highest BCUT2D eigenvalue weighted by Gasteiger charge is 2.23. The van der Waals surface area contributed by atoms with Crippen LogP contribution in [0.4, 0.5) is 0 Å². The van der Waals surface area contributed by atoms with Gasteiger partial charge in [0.1, 0.15) is 5.75 Å². The van der Waals surface area contributed by atoms with Crippen molar-refractivity contribution >= 4 is 16.8 Å². The zero-order chi connectivity index (χ0) is 22.0. The Labute approximate surface area is 185 Å². The van der Waals surface area contributed by atoms with E-state index in [-0.39, 0.29) is 17.4 Å². The minimum absolute atomic E-state index is 0.118. The zero-order valence-corrected chi connectivity index (χ0v) is 19.2. The second-order valence-corrected chi connectivity index (χ2v) is 9.86. The number of hydrogen-bond acceptors (Lipinski definition) is 2. The van der Waals surface area contributed by atoms with Gasteiger partial charge in [0.2, 0.25) is 5.91 Å². The average Bonchev–Trinajstić information content (AvgIpc) is 3.08. The van der Waals surface area contributed by atoms with Crippen molar-refractivity contribution in [1.29, 1.82) is 0 Å². The minimum atomic E-state index is 0.118. The first-order valence-electron chi connectivity index (χ1n) is 11.4. The van der Waals surface area contributed by atoms with Gasteiger partial charge in [-0.15, -0.1) is 0 Å². The third kappa shape index (κ3) is 5.12. The van der Waals surface area contributed by atoms with Crippen LogP contribution in [-0.4, -0.2) is 23.5 Å². The fraction of sp³-hybridized carbons (Fsp3) is 0.444. The lowest BCUT2D eigenvalue weighted by atomic mass is 9.87. The number of carbonyl (C=O) groups is 1. The maximum atomic E-state index is 12.4. The van der Waals surface area contributed by atoms with Gasteiger partial charge in [-0.1, -0.05) is 44.5 Å². The third-order valence-electron chi connectivity index (χ3n) is 6.25. The summed E-state index contributed by atoms with van der Waals surface area (Å²) in [5.41, 5.74) is 6.63. The maximum absolute atomic E-state index is 12.4. The molecule has 1 heterocycles. The number of nitrogens with one attached hydrogen (secondary N) is 2. The summed E-state index contributed by atoms with van der Waals surface area (Å²) in [5.74, 6) is 0.981. The molecule has 1 unspecified atom stereocenters. The summed E-state index contributed by atoms with van der Waals surface area (Å²) in [6.45, 7) is 9.29. The number of hydrogen-bond donors (Lipinski definition) is 2. The van der Waals surface area contributed by atoms with Crippen LogP contribution in [-0.2, 0) is 23.1 Å². The van der Waals surface area contributed by atoms with E-state index in [0.29, 0.717) is 13.0 Å². The Bertz CT molecular complexity index is 1060. The van der Waals surface area contributed by atoms with E-state index >= 15 is 0 Å². The summed E-state index contributed by atoms with van der Waals surface area (Å²) in [6.07, 6.45) is 4.10. The number of benzene rings is 2. The zero-order valence-electron chi connectivity index (χ0n) is 19.2. The van der Waals surface area contributed by atoms with Crippen molar-refractivity contribution in [3.05, 3.63) is 64.8 Å². The summed E-state index contributed by atoms with van der Waals surface area (Å²) in [7, 11) is 0. The summed E-state index contributed by atoms with van der Waals surface area (Å²) >= 11 is 0. The van der Waals surface area contributed by atoms with Crippen LogP contribution in [0.1, 0.15) is 62.4 Å². The molecule has 1 amide bonds. The van der Waals surface area contributed by atoms with Gasteiger partial charge in [0, 0.05) is 35.5 Å². The molecule has 1 aliphatic carbocycles. The van der Waals surface area contributed by atoms with Crippen LogP contribution >= 0.6 is 0 Å². The van der Waals surface area contributed by atoms with Gasteiger partial charge in [0.25, 0.3) is 0 Å². The molecule has 4 nitrogen and oxygen atoms in total. The van der Waals surface area contributed by atoms with E-state index in [1.165, 1.54) is 33.3 Å². The molecule has 1 aliphatic rings. The molecule has 31 heavy (non-hydrogen) atoms. The molecular weight excluding hydrogens is 384 g/mol. The maximum Gasteiger partial charge on any atom is 0.220 e. The number of fused-ring (bicyclic) bond motifs is 3.